The van der Waals surface area contributed by atoms with Crippen LogP contribution >= 0.6 is 0 Å². The Labute approximate surface area is 114 Å². The van der Waals surface area contributed by atoms with Crippen LogP contribution in [-0.2, 0) is 0 Å². The van der Waals surface area contributed by atoms with E-state index >= 15 is 0 Å². The van der Waals surface area contributed by atoms with Crippen LogP contribution in [0.2, 0.25) is 0 Å². The molecular formula is C14H12FN5. The molecule has 0 saturated carbocycles. The van der Waals surface area contributed by atoms with Crippen LogP contribution in [0.25, 0.3) is 10.9 Å². The maximum absolute atomic E-state index is 13.7. The molecule has 5 nitrogen and oxygen atoms in total. The quantitative estimate of drug-likeness (QED) is 0.748. The molecule has 0 amide bonds. The molecule has 0 bridgehead atoms. The van der Waals surface area contributed by atoms with Crippen LogP contribution in [0, 0.1) is 12.7 Å². The minimum atomic E-state index is -0.566. The monoisotopic (exact) mass is 269 g/mol. The molecule has 0 saturated heterocycles. The Morgan fingerprint density at radius 2 is 2.00 bits per heavy atom. The van der Waals surface area contributed by atoms with E-state index in [1.54, 1.807) is 0 Å². The van der Waals surface area contributed by atoms with E-state index in [1.807, 2.05) is 37.3 Å². The zero-order chi connectivity index (χ0) is 14.1. The molecule has 0 unspecified atom stereocenters. The molecule has 0 fully saturated rings. The molecule has 3 N–H and O–H groups in total. The lowest BCUT2D eigenvalue weighted by Crippen LogP contribution is -2.03. The second-order valence-corrected chi connectivity index (χ2v) is 4.38. The van der Waals surface area contributed by atoms with E-state index < -0.39 is 5.82 Å². The topological polar surface area (TPSA) is 76.7 Å². The summed E-state index contributed by atoms with van der Waals surface area (Å²) in [6.07, 6.45) is 1.04. The molecule has 1 aromatic carbocycles. The molecule has 0 spiro atoms. The van der Waals surface area contributed by atoms with Crippen molar-refractivity contribution in [1.82, 2.24) is 15.0 Å². The van der Waals surface area contributed by atoms with E-state index in [9.17, 15) is 4.39 Å². The molecule has 100 valence electrons. The highest BCUT2D eigenvalue weighted by molar-refractivity contribution is 5.91. The van der Waals surface area contributed by atoms with Crippen molar-refractivity contribution in [3.05, 3.63) is 48.0 Å². The molecule has 3 aromatic rings. The summed E-state index contributed by atoms with van der Waals surface area (Å²) >= 11 is 0. The Kier molecular flexibility index (Phi) is 2.90. The zero-order valence-corrected chi connectivity index (χ0v) is 10.8. The highest BCUT2D eigenvalue weighted by Gasteiger charge is 2.08. The van der Waals surface area contributed by atoms with Crippen LogP contribution in [0.15, 0.2) is 36.5 Å². The number of halogens is 1. The zero-order valence-electron chi connectivity index (χ0n) is 10.8. The molecule has 0 aliphatic carbocycles. The Hall–Kier alpha value is -2.76. The van der Waals surface area contributed by atoms with Gasteiger partial charge in [-0.3, -0.25) is 4.98 Å². The van der Waals surface area contributed by atoms with Gasteiger partial charge in [0.1, 0.15) is 0 Å². The first-order valence-electron chi connectivity index (χ1n) is 6.05. The number of aromatic nitrogens is 3. The number of nitrogen functional groups attached to an aromatic ring is 1. The second-order valence-electron chi connectivity index (χ2n) is 4.38. The third-order valence-corrected chi connectivity index (χ3v) is 2.88. The molecule has 2 aromatic heterocycles. The number of benzene rings is 1. The van der Waals surface area contributed by atoms with Crippen LogP contribution in [0.3, 0.4) is 0 Å². The van der Waals surface area contributed by atoms with Crippen LogP contribution in [0.1, 0.15) is 5.69 Å². The first-order valence-corrected chi connectivity index (χ1v) is 6.05. The highest BCUT2D eigenvalue weighted by Crippen LogP contribution is 2.25. The molecule has 0 aliphatic rings. The first kappa shape index (κ1) is 12.3. The fraction of sp³-hybridized carbons (Fsp3) is 0.0714. The number of hydrogen-bond donors (Lipinski definition) is 2. The fourth-order valence-electron chi connectivity index (χ4n) is 1.94. The number of anilines is 3. The lowest BCUT2D eigenvalue weighted by Gasteiger charge is -2.09. The first-order chi connectivity index (χ1) is 9.63. The van der Waals surface area contributed by atoms with Crippen LogP contribution in [0.4, 0.5) is 21.8 Å². The summed E-state index contributed by atoms with van der Waals surface area (Å²) in [5, 5.41) is 3.88. The van der Waals surface area contributed by atoms with Gasteiger partial charge in [-0.15, -0.1) is 0 Å². The predicted molar refractivity (Wildman–Crippen MR) is 76.2 cm³/mol. The van der Waals surface area contributed by atoms with E-state index in [4.69, 9.17) is 5.73 Å². The van der Waals surface area contributed by atoms with Crippen molar-refractivity contribution < 1.29 is 4.39 Å². The van der Waals surface area contributed by atoms with Gasteiger partial charge in [0.25, 0.3) is 0 Å². The van der Waals surface area contributed by atoms with Gasteiger partial charge in [-0.1, -0.05) is 18.2 Å². The molecule has 0 aliphatic heterocycles. The van der Waals surface area contributed by atoms with Gasteiger partial charge in [0, 0.05) is 11.1 Å². The van der Waals surface area contributed by atoms with Crippen LogP contribution in [-0.4, -0.2) is 15.0 Å². The van der Waals surface area contributed by atoms with Crippen molar-refractivity contribution in [2.24, 2.45) is 0 Å². The number of nitrogens with two attached hydrogens (primary N) is 1. The van der Waals surface area contributed by atoms with Gasteiger partial charge in [0.2, 0.25) is 5.95 Å². The van der Waals surface area contributed by atoms with Crippen molar-refractivity contribution in [3.63, 3.8) is 0 Å². The largest absolute Gasteiger partial charge is 0.368 e. The minimum absolute atomic E-state index is 0.0123. The van der Waals surface area contributed by atoms with Gasteiger partial charge in [-0.2, -0.15) is 4.98 Å². The van der Waals surface area contributed by atoms with Crippen molar-refractivity contribution in [2.75, 3.05) is 11.1 Å². The average Bonchev–Trinajstić information content (AvgIpc) is 2.43. The molecule has 3 rings (SSSR count). The predicted octanol–water partition coefficient (Wildman–Crippen LogP) is 2.80. The number of fused-ring (bicyclic) bond motifs is 1. The van der Waals surface area contributed by atoms with E-state index in [0.717, 1.165) is 22.8 Å². The molecule has 20 heavy (non-hydrogen) atoms. The second kappa shape index (κ2) is 4.73. The third-order valence-electron chi connectivity index (χ3n) is 2.88. The summed E-state index contributed by atoms with van der Waals surface area (Å²) in [7, 11) is 0. The standard InChI is InChI=1S/C14H12FN5/c1-8-5-6-9-3-2-4-11(12(9)18-8)19-13-10(15)7-17-14(16)20-13/h2-7H,1H3,(H3,16,17,19,20). The molecule has 2 heterocycles. The highest BCUT2D eigenvalue weighted by atomic mass is 19.1. The van der Waals surface area contributed by atoms with Crippen LogP contribution < -0.4 is 11.1 Å². The maximum atomic E-state index is 13.7. The van der Waals surface area contributed by atoms with Crippen molar-refractivity contribution in [3.8, 4) is 0 Å². The van der Waals surface area contributed by atoms with E-state index in [1.165, 1.54) is 0 Å². The number of rotatable bonds is 2. The summed E-state index contributed by atoms with van der Waals surface area (Å²) in [4.78, 5) is 11.9. The number of nitrogens with zero attached hydrogens (tertiary/aromatic N) is 3. The number of hydrogen-bond acceptors (Lipinski definition) is 5. The third kappa shape index (κ3) is 2.23. The summed E-state index contributed by atoms with van der Waals surface area (Å²) < 4.78 is 13.7. The average molecular weight is 269 g/mol. The van der Waals surface area contributed by atoms with Crippen molar-refractivity contribution in [2.45, 2.75) is 6.92 Å². The number of nitrogens with one attached hydrogen (secondary N) is 1. The summed E-state index contributed by atoms with van der Waals surface area (Å²) in [5.41, 5.74) is 7.78. The summed E-state index contributed by atoms with van der Waals surface area (Å²) in [5.74, 6) is -0.518. The normalized spacial score (nSPS) is 10.7. The van der Waals surface area contributed by atoms with Gasteiger partial charge in [-0.05, 0) is 19.1 Å². The Morgan fingerprint density at radius 1 is 1.15 bits per heavy atom. The maximum Gasteiger partial charge on any atom is 0.222 e. The SMILES string of the molecule is Cc1ccc2cccc(Nc3nc(N)ncc3F)c2n1. The molecular weight excluding hydrogens is 257 g/mol. The lowest BCUT2D eigenvalue weighted by atomic mass is 10.1. The van der Waals surface area contributed by atoms with Gasteiger partial charge in [-0.25, -0.2) is 9.37 Å². The molecule has 0 atom stereocenters. The van der Waals surface area contributed by atoms with E-state index in [0.29, 0.717) is 5.69 Å². The van der Waals surface area contributed by atoms with Gasteiger partial charge in [0.15, 0.2) is 11.6 Å². The lowest BCUT2D eigenvalue weighted by molar-refractivity contribution is 0.620. The minimum Gasteiger partial charge on any atom is -0.368 e. The Balaban J connectivity index is 2.10. The molecule has 0 radical (unpaired) electrons. The van der Waals surface area contributed by atoms with Crippen molar-refractivity contribution >= 4 is 28.4 Å². The number of para-hydroxylation sites is 1. The fourth-order valence-corrected chi connectivity index (χ4v) is 1.94. The van der Waals surface area contributed by atoms with Gasteiger partial charge < -0.3 is 11.1 Å². The Bertz CT molecular complexity index is 788. The summed E-state index contributed by atoms with van der Waals surface area (Å²) in [6, 6.07) is 9.51. The van der Waals surface area contributed by atoms with E-state index in [-0.39, 0.29) is 11.8 Å². The smallest absolute Gasteiger partial charge is 0.222 e. The number of pyridine rings is 1. The van der Waals surface area contributed by atoms with Gasteiger partial charge >= 0.3 is 0 Å². The van der Waals surface area contributed by atoms with Gasteiger partial charge in [0.05, 0.1) is 17.4 Å². The molecule has 6 heteroatoms. The van der Waals surface area contributed by atoms with E-state index in [2.05, 4.69) is 20.3 Å². The summed E-state index contributed by atoms with van der Waals surface area (Å²) in [6.45, 7) is 1.90. The Morgan fingerprint density at radius 3 is 2.85 bits per heavy atom. The number of aryl methyl sites for hydroxylation is 1. The van der Waals surface area contributed by atoms with Crippen molar-refractivity contribution in [1.29, 1.82) is 0 Å². The van der Waals surface area contributed by atoms with Crippen LogP contribution in [0.5, 0.6) is 0 Å².